The molecule has 4 nitrogen and oxygen atoms in total. The lowest BCUT2D eigenvalue weighted by Crippen LogP contribution is -2.22. The Bertz CT molecular complexity index is 1260. The fourth-order valence-corrected chi connectivity index (χ4v) is 6.41. The number of methoxy groups -OCH3 is 1. The first kappa shape index (κ1) is 20.3. The average Bonchev–Trinajstić information content (AvgIpc) is 3.00. The molecular formula is C25H24N2O2S2. The number of hydrogen-bond acceptors (Lipinski definition) is 5. The van der Waals surface area contributed by atoms with E-state index < -0.39 is 0 Å². The Morgan fingerprint density at radius 1 is 1.03 bits per heavy atom. The third-order valence-electron chi connectivity index (χ3n) is 5.75. The molecule has 0 aliphatic heterocycles. The van der Waals surface area contributed by atoms with Crippen LogP contribution >= 0.6 is 23.1 Å². The van der Waals surface area contributed by atoms with Gasteiger partial charge >= 0.3 is 0 Å². The molecule has 0 fully saturated rings. The van der Waals surface area contributed by atoms with Gasteiger partial charge in [-0.2, -0.15) is 0 Å². The number of nitrogens with zero attached hydrogens (tertiary/aromatic N) is 2. The lowest BCUT2D eigenvalue weighted by atomic mass is 10.1. The third kappa shape index (κ3) is 4.02. The average molecular weight is 449 g/mol. The number of thioether (sulfide) groups is 1. The SMILES string of the molecule is COc1ccc(-n2c(SCc3ccccc3)nc3sc4c(c3c2=O)CCCCC4)cc1. The van der Waals surface area contributed by atoms with E-state index in [0.29, 0.717) is 0 Å². The zero-order chi connectivity index (χ0) is 21.2. The minimum absolute atomic E-state index is 0.0464. The van der Waals surface area contributed by atoms with Crippen LogP contribution in [-0.4, -0.2) is 16.7 Å². The number of aromatic nitrogens is 2. The van der Waals surface area contributed by atoms with E-state index in [-0.39, 0.29) is 5.56 Å². The summed E-state index contributed by atoms with van der Waals surface area (Å²) in [5.74, 6) is 1.54. The van der Waals surface area contributed by atoms with Gasteiger partial charge in [0.15, 0.2) is 5.16 Å². The van der Waals surface area contributed by atoms with E-state index >= 15 is 0 Å². The zero-order valence-corrected chi connectivity index (χ0v) is 19.1. The quantitative estimate of drug-likeness (QED) is 0.213. The number of hydrogen-bond donors (Lipinski definition) is 0. The molecule has 5 rings (SSSR count). The van der Waals surface area contributed by atoms with Crippen molar-refractivity contribution in [3.8, 4) is 11.4 Å². The molecule has 6 heteroatoms. The number of ether oxygens (including phenoxy) is 1. The van der Waals surface area contributed by atoms with Crippen LogP contribution in [0.3, 0.4) is 0 Å². The standard InChI is InChI=1S/C25H24N2O2S2/c1-29-19-14-12-18(13-15-19)27-24(28)22-20-10-6-3-7-11-21(20)31-23(22)26-25(27)30-16-17-8-4-2-5-9-17/h2,4-5,8-9,12-15H,3,6-7,10-11,16H2,1H3. The fraction of sp³-hybridized carbons (Fsp3) is 0.280. The van der Waals surface area contributed by atoms with Crippen molar-refractivity contribution >= 4 is 33.3 Å². The Morgan fingerprint density at radius 3 is 2.58 bits per heavy atom. The molecule has 0 radical (unpaired) electrons. The van der Waals surface area contributed by atoms with Crippen molar-refractivity contribution in [1.29, 1.82) is 0 Å². The molecule has 0 spiro atoms. The minimum atomic E-state index is 0.0464. The lowest BCUT2D eigenvalue weighted by Gasteiger charge is -2.13. The van der Waals surface area contributed by atoms with E-state index in [4.69, 9.17) is 9.72 Å². The highest BCUT2D eigenvalue weighted by Gasteiger charge is 2.22. The van der Waals surface area contributed by atoms with Crippen molar-refractivity contribution in [2.24, 2.45) is 0 Å². The summed E-state index contributed by atoms with van der Waals surface area (Å²) in [5.41, 5.74) is 3.32. The van der Waals surface area contributed by atoms with Crippen molar-refractivity contribution in [3.63, 3.8) is 0 Å². The molecule has 0 bridgehead atoms. The molecule has 2 heterocycles. The first-order chi connectivity index (χ1) is 15.2. The lowest BCUT2D eigenvalue weighted by molar-refractivity contribution is 0.414. The van der Waals surface area contributed by atoms with Crippen molar-refractivity contribution < 1.29 is 4.74 Å². The van der Waals surface area contributed by atoms with Crippen LogP contribution in [0.2, 0.25) is 0 Å². The van der Waals surface area contributed by atoms with Crippen molar-refractivity contribution in [2.45, 2.75) is 43.0 Å². The third-order valence-corrected chi connectivity index (χ3v) is 7.94. The molecule has 0 atom stereocenters. The van der Waals surface area contributed by atoms with E-state index in [1.807, 2.05) is 42.5 Å². The van der Waals surface area contributed by atoms with Gasteiger partial charge in [-0.25, -0.2) is 4.98 Å². The topological polar surface area (TPSA) is 44.1 Å². The van der Waals surface area contributed by atoms with Crippen molar-refractivity contribution in [1.82, 2.24) is 9.55 Å². The van der Waals surface area contributed by atoms with Crippen LogP contribution in [0.4, 0.5) is 0 Å². The van der Waals surface area contributed by atoms with Gasteiger partial charge in [-0.05, 0) is 61.1 Å². The van der Waals surface area contributed by atoms with Gasteiger partial charge in [0.1, 0.15) is 10.6 Å². The largest absolute Gasteiger partial charge is 0.497 e. The molecule has 4 aromatic rings. The monoisotopic (exact) mass is 448 g/mol. The Labute approximate surface area is 189 Å². The van der Waals surface area contributed by atoms with Crippen LogP contribution in [0, 0.1) is 0 Å². The zero-order valence-electron chi connectivity index (χ0n) is 17.5. The summed E-state index contributed by atoms with van der Waals surface area (Å²) >= 11 is 3.33. The molecule has 2 aromatic heterocycles. The molecule has 1 aliphatic carbocycles. The number of fused-ring (bicyclic) bond motifs is 3. The van der Waals surface area contributed by atoms with Crippen molar-refractivity contribution in [2.75, 3.05) is 7.11 Å². The first-order valence-electron chi connectivity index (χ1n) is 10.6. The van der Waals surface area contributed by atoms with E-state index in [2.05, 4.69) is 12.1 Å². The maximum atomic E-state index is 13.8. The van der Waals surface area contributed by atoms with Gasteiger partial charge in [0.2, 0.25) is 0 Å². The molecule has 0 unspecified atom stereocenters. The Morgan fingerprint density at radius 2 is 1.81 bits per heavy atom. The van der Waals surface area contributed by atoms with Gasteiger partial charge in [0, 0.05) is 10.6 Å². The van der Waals surface area contributed by atoms with Crippen molar-refractivity contribution in [3.05, 3.63) is 81.0 Å². The molecule has 0 N–H and O–H groups in total. The highest BCUT2D eigenvalue weighted by molar-refractivity contribution is 7.98. The van der Waals surface area contributed by atoms with Crippen LogP contribution < -0.4 is 10.3 Å². The van der Waals surface area contributed by atoms with Crippen LogP contribution in [0.5, 0.6) is 5.75 Å². The Hall–Kier alpha value is -2.57. The highest BCUT2D eigenvalue weighted by Crippen LogP contribution is 2.35. The van der Waals surface area contributed by atoms with Gasteiger partial charge in [-0.3, -0.25) is 9.36 Å². The van der Waals surface area contributed by atoms with Gasteiger partial charge in [0.05, 0.1) is 18.2 Å². The number of rotatable bonds is 5. The summed E-state index contributed by atoms with van der Waals surface area (Å²) in [6.45, 7) is 0. The first-order valence-corrected chi connectivity index (χ1v) is 12.4. The summed E-state index contributed by atoms with van der Waals surface area (Å²) < 4.78 is 7.10. The normalized spacial score (nSPS) is 13.7. The fourth-order valence-electron chi connectivity index (χ4n) is 4.14. The van der Waals surface area contributed by atoms with Crippen LogP contribution in [0.15, 0.2) is 64.5 Å². The smallest absolute Gasteiger partial charge is 0.267 e. The predicted octanol–water partition coefficient (Wildman–Crippen LogP) is 6.02. The second-order valence-corrected chi connectivity index (χ2v) is 9.78. The molecule has 1 aliphatic rings. The second-order valence-electron chi connectivity index (χ2n) is 7.75. The molecule has 2 aromatic carbocycles. The van der Waals surface area contributed by atoms with Crippen LogP contribution in [0.1, 0.15) is 35.3 Å². The van der Waals surface area contributed by atoms with Gasteiger partial charge in [0.25, 0.3) is 5.56 Å². The second kappa shape index (κ2) is 8.89. The molecule has 158 valence electrons. The summed E-state index contributed by atoms with van der Waals surface area (Å²) in [6.07, 6.45) is 5.61. The maximum absolute atomic E-state index is 13.8. The van der Waals surface area contributed by atoms with E-state index in [9.17, 15) is 4.79 Å². The minimum Gasteiger partial charge on any atom is -0.497 e. The number of benzene rings is 2. The predicted molar refractivity (Wildman–Crippen MR) is 129 cm³/mol. The summed E-state index contributed by atoms with van der Waals surface area (Å²) in [4.78, 5) is 21.1. The van der Waals surface area contributed by atoms with Gasteiger partial charge < -0.3 is 4.74 Å². The Balaban J connectivity index is 1.66. The maximum Gasteiger partial charge on any atom is 0.267 e. The molecule has 0 saturated heterocycles. The van der Waals surface area contributed by atoms with Crippen LogP contribution in [-0.2, 0) is 18.6 Å². The molecule has 31 heavy (non-hydrogen) atoms. The summed E-state index contributed by atoms with van der Waals surface area (Å²) in [6, 6.07) is 18.0. The van der Waals surface area contributed by atoms with E-state index in [0.717, 1.165) is 51.8 Å². The Kier molecular flexibility index (Phi) is 5.83. The van der Waals surface area contributed by atoms with E-state index in [1.54, 1.807) is 34.8 Å². The number of aryl methyl sites for hydroxylation is 2. The van der Waals surface area contributed by atoms with E-state index in [1.165, 1.54) is 28.8 Å². The summed E-state index contributed by atoms with van der Waals surface area (Å²) in [7, 11) is 1.65. The highest BCUT2D eigenvalue weighted by atomic mass is 32.2. The summed E-state index contributed by atoms with van der Waals surface area (Å²) in [5, 5.41) is 1.56. The van der Waals surface area contributed by atoms with Gasteiger partial charge in [-0.1, -0.05) is 48.5 Å². The molecular weight excluding hydrogens is 424 g/mol. The van der Waals surface area contributed by atoms with Crippen LogP contribution in [0.25, 0.3) is 15.9 Å². The number of thiophene rings is 1. The van der Waals surface area contributed by atoms with Gasteiger partial charge in [-0.15, -0.1) is 11.3 Å². The molecule has 0 saturated carbocycles. The molecule has 0 amide bonds.